The van der Waals surface area contributed by atoms with E-state index in [2.05, 4.69) is 15.3 Å². The second-order valence-electron chi connectivity index (χ2n) is 5.02. The van der Waals surface area contributed by atoms with Gasteiger partial charge in [0, 0.05) is 7.05 Å². The minimum atomic E-state index is -4.57. The van der Waals surface area contributed by atoms with E-state index in [0.717, 1.165) is 6.07 Å². The second-order valence-corrected chi connectivity index (χ2v) is 5.36. The zero-order chi connectivity index (χ0) is 17.9. The van der Waals surface area contributed by atoms with Gasteiger partial charge in [-0.3, -0.25) is 0 Å². The van der Waals surface area contributed by atoms with Crippen LogP contribution in [0.2, 0.25) is 5.28 Å². The molecule has 2 aromatic rings. The molecule has 2 rings (SSSR count). The van der Waals surface area contributed by atoms with Gasteiger partial charge in [0.25, 0.3) is 0 Å². The summed E-state index contributed by atoms with van der Waals surface area (Å²) in [5.74, 6) is 0.434. The molecule has 2 N–H and O–H groups in total. The number of aliphatic hydroxyl groups excluding tert-OH is 1. The predicted octanol–water partition coefficient (Wildman–Crippen LogP) is 3.61. The Bertz CT molecular complexity index is 726. The van der Waals surface area contributed by atoms with Gasteiger partial charge in [-0.25, -0.2) is 4.98 Å². The number of halogens is 4. The summed E-state index contributed by atoms with van der Waals surface area (Å²) in [5.41, 5.74) is -0.698. The highest BCUT2D eigenvalue weighted by atomic mass is 35.5. The van der Waals surface area contributed by atoms with Crippen LogP contribution in [0.4, 0.5) is 19.0 Å². The second kappa shape index (κ2) is 7.23. The summed E-state index contributed by atoms with van der Waals surface area (Å²) in [5, 5.41) is 12.8. The van der Waals surface area contributed by atoms with Crippen LogP contribution in [0.5, 0.6) is 5.75 Å². The van der Waals surface area contributed by atoms with Crippen molar-refractivity contribution in [2.24, 2.45) is 0 Å². The van der Waals surface area contributed by atoms with Crippen LogP contribution in [0.25, 0.3) is 0 Å². The Morgan fingerprint density at radius 1 is 1.38 bits per heavy atom. The first-order valence-electron chi connectivity index (χ1n) is 6.91. The van der Waals surface area contributed by atoms with Crippen LogP contribution in [0.3, 0.4) is 0 Å². The van der Waals surface area contributed by atoms with Crippen molar-refractivity contribution in [3.05, 3.63) is 46.4 Å². The number of nitrogens with one attached hydrogen (secondary N) is 1. The van der Waals surface area contributed by atoms with Gasteiger partial charge >= 0.3 is 6.18 Å². The van der Waals surface area contributed by atoms with E-state index in [-0.39, 0.29) is 22.4 Å². The Labute approximate surface area is 141 Å². The van der Waals surface area contributed by atoms with E-state index in [0.29, 0.717) is 5.56 Å². The van der Waals surface area contributed by atoms with Crippen molar-refractivity contribution in [3.8, 4) is 5.75 Å². The van der Waals surface area contributed by atoms with E-state index >= 15 is 0 Å². The van der Waals surface area contributed by atoms with Crippen molar-refractivity contribution in [1.29, 1.82) is 0 Å². The highest BCUT2D eigenvalue weighted by Crippen LogP contribution is 2.35. The molecule has 1 aromatic heterocycles. The van der Waals surface area contributed by atoms with Crippen LogP contribution in [-0.4, -0.2) is 28.7 Å². The molecule has 1 heterocycles. The lowest BCUT2D eigenvalue weighted by Gasteiger charge is -2.19. The molecule has 0 aliphatic rings. The van der Waals surface area contributed by atoms with Gasteiger partial charge in [0.2, 0.25) is 5.28 Å². The number of rotatable bonds is 5. The molecule has 1 unspecified atom stereocenters. The maximum Gasteiger partial charge on any atom is 0.416 e. The summed E-state index contributed by atoms with van der Waals surface area (Å²) in [4.78, 5) is 7.60. The molecule has 0 bridgehead atoms. The molecule has 0 aliphatic heterocycles. The van der Waals surface area contributed by atoms with E-state index in [9.17, 15) is 18.3 Å². The lowest BCUT2D eigenvalue weighted by Crippen LogP contribution is -2.17. The van der Waals surface area contributed by atoms with Crippen LogP contribution in [0.1, 0.15) is 22.8 Å². The SMILES string of the molecule is CNc1nc(Cl)ncc1OCC(O)c1ccc(C)cc1C(F)(F)F. The molecule has 5 nitrogen and oxygen atoms in total. The Kier molecular flexibility index (Phi) is 5.51. The summed E-state index contributed by atoms with van der Waals surface area (Å²) in [6, 6.07) is 3.73. The van der Waals surface area contributed by atoms with Gasteiger partial charge in [-0.2, -0.15) is 18.2 Å². The van der Waals surface area contributed by atoms with Crippen LogP contribution in [0.15, 0.2) is 24.4 Å². The highest BCUT2D eigenvalue weighted by molar-refractivity contribution is 6.28. The smallest absolute Gasteiger partial charge is 0.416 e. The molecular weight excluding hydrogens is 347 g/mol. The van der Waals surface area contributed by atoms with Crippen LogP contribution >= 0.6 is 11.6 Å². The van der Waals surface area contributed by atoms with Gasteiger partial charge in [-0.05, 0) is 30.2 Å². The lowest BCUT2D eigenvalue weighted by molar-refractivity contribution is -0.139. The standard InChI is InChI=1S/C15H15ClF3N3O2/c1-8-3-4-9(10(5-8)15(17,18)19)11(23)7-24-12-6-21-14(16)22-13(12)20-2/h3-6,11,23H,7H2,1-2H3,(H,20,21,22). The van der Waals surface area contributed by atoms with Gasteiger partial charge in [0.05, 0.1) is 11.8 Å². The first-order valence-corrected chi connectivity index (χ1v) is 7.29. The predicted molar refractivity (Wildman–Crippen MR) is 83.2 cm³/mol. The molecule has 0 saturated carbocycles. The molecule has 1 aromatic carbocycles. The third kappa shape index (κ3) is 4.27. The summed E-state index contributed by atoms with van der Waals surface area (Å²) in [6.45, 7) is 1.15. The van der Waals surface area contributed by atoms with E-state index in [1.165, 1.54) is 18.3 Å². The average molecular weight is 362 g/mol. The molecule has 130 valence electrons. The Hall–Kier alpha value is -2.06. The first-order chi connectivity index (χ1) is 11.2. The maximum atomic E-state index is 13.1. The summed E-state index contributed by atoms with van der Waals surface area (Å²) < 4.78 is 44.7. The van der Waals surface area contributed by atoms with E-state index in [1.807, 2.05) is 0 Å². The first kappa shape index (κ1) is 18.3. The number of nitrogens with zero attached hydrogens (tertiary/aromatic N) is 2. The molecule has 0 aliphatic carbocycles. The largest absolute Gasteiger partial charge is 0.485 e. The summed E-state index contributed by atoms with van der Waals surface area (Å²) in [6.07, 6.45) is -4.77. The minimum absolute atomic E-state index is 0.00913. The summed E-state index contributed by atoms with van der Waals surface area (Å²) in [7, 11) is 1.57. The van der Waals surface area contributed by atoms with Crippen molar-refractivity contribution in [1.82, 2.24) is 9.97 Å². The van der Waals surface area contributed by atoms with Crippen molar-refractivity contribution in [2.45, 2.75) is 19.2 Å². The van der Waals surface area contributed by atoms with Gasteiger partial charge in [-0.15, -0.1) is 0 Å². The molecule has 0 saturated heterocycles. The molecule has 9 heteroatoms. The molecule has 0 fully saturated rings. The van der Waals surface area contributed by atoms with E-state index in [1.54, 1.807) is 14.0 Å². The fourth-order valence-corrected chi connectivity index (χ4v) is 2.23. The number of aryl methyl sites for hydroxylation is 1. The third-order valence-electron chi connectivity index (χ3n) is 3.23. The number of hydrogen-bond acceptors (Lipinski definition) is 5. The maximum absolute atomic E-state index is 13.1. The van der Waals surface area contributed by atoms with Gasteiger partial charge in [0.15, 0.2) is 11.6 Å². The molecule has 1 atom stereocenters. The molecule has 0 radical (unpaired) electrons. The molecule has 0 amide bonds. The Morgan fingerprint density at radius 2 is 2.08 bits per heavy atom. The highest BCUT2D eigenvalue weighted by Gasteiger charge is 2.35. The number of alkyl halides is 3. The topological polar surface area (TPSA) is 67.3 Å². The average Bonchev–Trinajstić information content (AvgIpc) is 2.52. The van der Waals surface area contributed by atoms with Gasteiger partial charge in [-0.1, -0.05) is 17.7 Å². The number of aliphatic hydroxyl groups is 1. The van der Waals surface area contributed by atoms with Crippen LogP contribution < -0.4 is 10.1 Å². The number of benzene rings is 1. The quantitative estimate of drug-likeness (QED) is 0.796. The Balaban J connectivity index is 2.21. The zero-order valence-electron chi connectivity index (χ0n) is 12.9. The van der Waals surface area contributed by atoms with Crippen LogP contribution in [-0.2, 0) is 6.18 Å². The van der Waals surface area contributed by atoms with E-state index in [4.69, 9.17) is 16.3 Å². The molecule has 24 heavy (non-hydrogen) atoms. The lowest BCUT2D eigenvalue weighted by atomic mass is 10.00. The fourth-order valence-electron chi connectivity index (χ4n) is 2.10. The van der Waals surface area contributed by atoms with Crippen LogP contribution in [0, 0.1) is 6.92 Å². The number of ether oxygens (including phenoxy) is 1. The molecule has 0 spiro atoms. The fraction of sp³-hybridized carbons (Fsp3) is 0.333. The third-order valence-corrected chi connectivity index (χ3v) is 3.41. The normalized spacial score (nSPS) is 12.8. The van der Waals surface area contributed by atoms with Crippen molar-refractivity contribution >= 4 is 17.4 Å². The number of aromatic nitrogens is 2. The van der Waals surface area contributed by atoms with Gasteiger partial charge in [0.1, 0.15) is 12.7 Å². The van der Waals surface area contributed by atoms with E-state index < -0.39 is 24.5 Å². The monoisotopic (exact) mass is 361 g/mol. The molecular formula is C15H15ClF3N3O2. The van der Waals surface area contributed by atoms with Gasteiger partial charge < -0.3 is 15.2 Å². The number of anilines is 1. The zero-order valence-corrected chi connectivity index (χ0v) is 13.6. The number of hydrogen-bond donors (Lipinski definition) is 2. The van der Waals surface area contributed by atoms with Crippen molar-refractivity contribution < 1.29 is 23.0 Å². The van der Waals surface area contributed by atoms with Crippen molar-refractivity contribution in [2.75, 3.05) is 19.0 Å². The minimum Gasteiger partial charge on any atom is -0.485 e. The summed E-state index contributed by atoms with van der Waals surface area (Å²) >= 11 is 5.65. The van der Waals surface area contributed by atoms with Crippen molar-refractivity contribution in [3.63, 3.8) is 0 Å². The Morgan fingerprint density at radius 3 is 2.71 bits per heavy atom.